The highest BCUT2D eigenvalue weighted by molar-refractivity contribution is 5.98. The molecule has 1 spiro atoms. The van der Waals surface area contributed by atoms with Crippen LogP contribution in [0.3, 0.4) is 0 Å². The van der Waals surface area contributed by atoms with Crippen molar-refractivity contribution in [3.05, 3.63) is 53.9 Å². The normalized spacial score (nSPS) is 28.4. The summed E-state index contributed by atoms with van der Waals surface area (Å²) in [4.78, 5) is 29.8. The van der Waals surface area contributed by atoms with Crippen LogP contribution < -0.4 is 20.1 Å². The molecule has 2 aromatic rings. The predicted octanol–water partition coefficient (Wildman–Crippen LogP) is 2.70. The molecule has 31 heavy (non-hydrogen) atoms. The molecule has 0 unspecified atom stereocenters. The zero-order chi connectivity index (χ0) is 21.4. The molecule has 3 aliphatic carbocycles. The average molecular weight is 421 g/mol. The van der Waals surface area contributed by atoms with Crippen LogP contribution in [0.2, 0.25) is 0 Å². The third-order valence-corrected chi connectivity index (χ3v) is 7.07. The summed E-state index contributed by atoms with van der Waals surface area (Å²) >= 11 is 0. The maximum absolute atomic E-state index is 12.9. The number of ether oxygens (including phenoxy) is 2. The molecule has 6 rings (SSSR count). The molecule has 2 amide bonds. The SMILES string of the molecule is COc1ccc2c(c1)O[C@@]1(C[C@H]3CC[C@H]1C[C@H]3C(=O)NCCc1ccncc1)NC2=O. The van der Waals surface area contributed by atoms with Gasteiger partial charge in [0.15, 0.2) is 5.72 Å². The first-order chi connectivity index (χ1) is 15.1. The molecular formula is C24H27N3O4. The molecule has 2 heterocycles. The standard InChI is InChI=1S/C24H27N3O4/c1-30-18-4-5-19-21(13-18)31-24(27-23(19)29)14-16-2-3-17(24)12-20(16)22(28)26-11-8-15-6-9-25-10-7-15/h4-7,9-10,13,16-17,20H,2-3,8,11-12,14H2,1H3,(H,26,28)(H,27,29)/t16-,17+,20-,24-/m1/s1. The molecule has 0 saturated heterocycles. The van der Waals surface area contributed by atoms with Gasteiger partial charge in [-0.15, -0.1) is 0 Å². The van der Waals surface area contributed by atoms with Gasteiger partial charge < -0.3 is 20.1 Å². The maximum Gasteiger partial charge on any atom is 0.258 e. The number of amides is 2. The Balaban J connectivity index is 1.26. The van der Waals surface area contributed by atoms with Crippen LogP contribution >= 0.6 is 0 Å². The van der Waals surface area contributed by atoms with E-state index in [0.717, 1.165) is 31.2 Å². The van der Waals surface area contributed by atoms with Crippen LogP contribution in [0.1, 0.15) is 41.6 Å². The molecule has 3 fully saturated rings. The van der Waals surface area contributed by atoms with Crippen LogP contribution in [-0.4, -0.2) is 36.2 Å². The van der Waals surface area contributed by atoms with Gasteiger partial charge in [-0.25, -0.2) is 0 Å². The lowest BCUT2D eigenvalue weighted by atomic mass is 9.60. The highest BCUT2D eigenvalue weighted by Gasteiger charge is 2.57. The van der Waals surface area contributed by atoms with Gasteiger partial charge in [0.05, 0.1) is 12.7 Å². The molecule has 4 aliphatic rings. The lowest BCUT2D eigenvalue weighted by Crippen LogP contribution is -2.67. The fraction of sp³-hybridized carbons (Fsp3) is 0.458. The topological polar surface area (TPSA) is 89.6 Å². The van der Waals surface area contributed by atoms with E-state index in [1.165, 1.54) is 0 Å². The van der Waals surface area contributed by atoms with Crippen molar-refractivity contribution in [1.82, 2.24) is 15.6 Å². The molecule has 1 aromatic heterocycles. The van der Waals surface area contributed by atoms with Crippen molar-refractivity contribution in [3.63, 3.8) is 0 Å². The molecule has 7 heteroatoms. The Hall–Kier alpha value is -3.09. The Labute approximate surface area is 181 Å². The van der Waals surface area contributed by atoms with Crippen molar-refractivity contribution in [2.24, 2.45) is 17.8 Å². The molecule has 162 valence electrons. The second-order valence-corrected chi connectivity index (χ2v) is 8.78. The minimum absolute atomic E-state index is 0.0333. The van der Waals surface area contributed by atoms with E-state index in [-0.39, 0.29) is 29.6 Å². The first-order valence-corrected chi connectivity index (χ1v) is 10.9. The van der Waals surface area contributed by atoms with Crippen LogP contribution in [0, 0.1) is 17.8 Å². The summed E-state index contributed by atoms with van der Waals surface area (Å²) < 4.78 is 11.7. The summed E-state index contributed by atoms with van der Waals surface area (Å²) in [6.45, 7) is 0.613. The molecule has 1 aliphatic heterocycles. The number of benzene rings is 1. The number of aromatic nitrogens is 1. The Kier molecular flexibility index (Phi) is 5.04. The number of nitrogens with one attached hydrogen (secondary N) is 2. The molecule has 4 atom stereocenters. The van der Waals surface area contributed by atoms with Crippen LogP contribution in [0.15, 0.2) is 42.7 Å². The number of hydrogen-bond donors (Lipinski definition) is 2. The van der Waals surface area contributed by atoms with Gasteiger partial charge in [-0.1, -0.05) is 0 Å². The molecular weight excluding hydrogens is 394 g/mol. The van der Waals surface area contributed by atoms with Gasteiger partial charge in [0.2, 0.25) is 5.91 Å². The zero-order valence-corrected chi connectivity index (χ0v) is 17.6. The first-order valence-electron chi connectivity index (χ1n) is 10.9. The number of nitrogens with zero attached hydrogens (tertiary/aromatic N) is 1. The van der Waals surface area contributed by atoms with E-state index in [9.17, 15) is 9.59 Å². The summed E-state index contributed by atoms with van der Waals surface area (Å²) in [6.07, 6.45) is 7.64. The number of fused-ring (bicyclic) bond motifs is 3. The zero-order valence-electron chi connectivity index (χ0n) is 17.6. The van der Waals surface area contributed by atoms with E-state index < -0.39 is 5.72 Å². The highest BCUT2D eigenvalue weighted by atomic mass is 16.5. The van der Waals surface area contributed by atoms with Crippen LogP contribution in [-0.2, 0) is 11.2 Å². The summed E-state index contributed by atoms with van der Waals surface area (Å²) in [7, 11) is 1.60. The smallest absolute Gasteiger partial charge is 0.258 e. The molecule has 3 saturated carbocycles. The van der Waals surface area contributed by atoms with Gasteiger partial charge in [-0.2, -0.15) is 0 Å². The maximum atomic E-state index is 12.9. The quantitative estimate of drug-likeness (QED) is 0.775. The average Bonchev–Trinajstić information content (AvgIpc) is 2.79. The number of hydrogen-bond acceptors (Lipinski definition) is 5. The van der Waals surface area contributed by atoms with Gasteiger partial charge in [-0.05, 0) is 61.4 Å². The highest BCUT2D eigenvalue weighted by Crippen LogP contribution is 2.52. The number of carbonyl (C=O) groups is 2. The van der Waals surface area contributed by atoms with Crippen molar-refractivity contribution in [1.29, 1.82) is 0 Å². The van der Waals surface area contributed by atoms with Gasteiger partial charge in [0, 0.05) is 43.3 Å². The molecule has 7 nitrogen and oxygen atoms in total. The molecule has 2 bridgehead atoms. The van der Waals surface area contributed by atoms with Crippen molar-refractivity contribution in [3.8, 4) is 11.5 Å². The lowest BCUT2D eigenvalue weighted by Gasteiger charge is -2.55. The Morgan fingerprint density at radius 2 is 2.13 bits per heavy atom. The summed E-state index contributed by atoms with van der Waals surface area (Å²) in [5, 5.41) is 6.25. The van der Waals surface area contributed by atoms with E-state index in [2.05, 4.69) is 15.6 Å². The van der Waals surface area contributed by atoms with Gasteiger partial charge in [0.1, 0.15) is 11.5 Å². The van der Waals surface area contributed by atoms with Gasteiger partial charge in [-0.3, -0.25) is 14.6 Å². The Morgan fingerprint density at radius 3 is 2.87 bits per heavy atom. The number of rotatable bonds is 5. The van der Waals surface area contributed by atoms with Crippen molar-refractivity contribution in [2.45, 2.75) is 37.8 Å². The van der Waals surface area contributed by atoms with E-state index in [0.29, 0.717) is 30.0 Å². The van der Waals surface area contributed by atoms with Crippen LogP contribution in [0.5, 0.6) is 11.5 Å². The van der Waals surface area contributed by atoms with E-state index in [1.54, 1.807) is 37.7 Å². The van der Waals surface area contributed by atoms with Gasteiger partial charge in [0.25, 0.3) is 5.91 Å². The molecule has 1 aromatic carbocycles. The third-order valence-electron chi connectivity index (χ3n) is 7.07. The second-order valence-electron chi connectivity index (χ2n) is 8.78. The van der Waals surface area contributed by atoms with Crippen molar-refractivity contribution < 1.29 is 19.1 Å². The Bertz CT molecular complexity index is 996. The van der Waals surface area contributed by atoms with Crippen LogP contribution in [0.25, 0.3) is 0 Å². The summed E-state index contributed by atoms with van der Waals surface area (Å²) in [5.41, 5.74) is 0.956. The third kappa shape index (κ3) is 3.62. The minimum atomic E-state index is -0.729. The number of carbonyl (C=O) groups excluding carboxylic acids is 2. The molecule has 0 radical (unpaired) electrons. The van der Waals surface area contributed by atoms with Gasteiger partial charge >= 0.3 is 0 Å². The minimum Gasteiger partial charge on any atom is -0.497 e. The fourth-order valence-corrected chi connectivity index (χ4v) is 5.45. The fourth-order valence-electron chi connectivity index (χ4n) is 5.45. The number of pyridine rings is 1. The second kappa shape index (κ2) is 7.87. The largest absolute Gasteiger partial charge is 0.497 e. The van der Waals surface area contributed by atoms with E-state index in [4.69, 9.17) is 9.47 Å². The molecule has 2 N–H and O–H groups in total. The van der Waals surface area contributed by atoms with Crippen molar-refractivity contribution in [2.75, 3.05) is 13.7 Å². The monoisotopic (exact) mass is 421 g/mol. The first kappa shape index (κ1) is 19.8. The Morgan fingerprint density at radius 1 is 1.29 bits per heavy atom. The lowest BCUT2D eigenvalue weighted by molar-refractivity contribution is -0.146. The summed E-state index contributed by atoms with van der Waals surface area (Å²) in [6, 6.07) is 9.21. The van der Waals surface area contributed by atoms with Crippen LogP contribution in [0.4, 0.5) is 0 Å². The summed E-state index contributed by atoms with van der Waals surface area (Å²) in [5.74, 6) is 1.49. The van der Waals surface area contributed by atoms with E-state index >= 15 is 0 Å². The number of methoxy groups -OCH3 is 1. The predicted molar refractivity (Wildman–Crippen MR) is 114 cm³/mol. The van der Waals surface area contributed by atoms with E-state index in [1.807, 2.05) is 12.1 Å². The van der Waals surface area contributed by atoms with Crippen molar-refractivity contribution >= 4 is 11.8 Å².